The Morgan fingerprint density at radius 3 is 2.82 bits per heavy atom. The highest BCUT2D eigenvalue weighted by atomic mass is 79.9. The van der Waals surface area contributed by atoms with E-state index in [1.54, 1.807) is 4.52 Å². The van der Waals surface area contributed by atoms with Crippen molar-refractivity contribution in [3.63, 3.8) is 0 Å². The van der Waals surface area contributed by atoms with Gasteiger partial charge in [0.25, 0.3) is 0 Å². The third kappa shape index (κ3) is 1.84. The van der Waals surface area contributed by atoms with Gasteiger partial charge >= 0.3 is 0 Å². The number of hydrogen-bond donors (Lipinski definition) is 0. The first-order chi connectivity index (χ1) is 8.26. The molecular weight excluding hydrogens is 282 g/mol. The van der Waals surface area contributed by atoms with Crippen molar-refractivity contribution >= 4 is 21.6 Å². The first-order valence-corrected chi connectivity index (χ1v) is 6.09. The monoisotopic (exact) mass is 291 g/mol. The largest absolute Gasteiger partial charge is 0.272 e. The van der Waals surface area contributed by atoms with E-state index in [1.165, 1.54) is 0 Å². The molecule has 0 aliphatic heterocycles. The Hall–Kier alpha value is -1.69. The predicted octanol–water partition coefficient (Wildman–Crippen LogP) is 2.38. The van der Waals surface area contributed by atoms with E-state index in [0.29, 0.717) is 0 Å². The summed E-state index contributed by atoms with van der Waals surface area (Å²) >= 11 is 3.33. The van der Waals surface area contributed by atoms with Gasteiger partial charge < -0.3 is 0 Å². The van der Waals surface area contributed by atoms with Crippen molar-refractivity contribution < 1.29 is 0 Å². The van der Waals surface area contributed by atoms with E-state index in [0.717, 1.165) is 27.9 Å². The molecule has 3 rings (SSSR count). The van der Waals surface area contributed by atoms with Gasteiger partial charge in [-0.1, -0.05) is 0 Å². The van der Waals surface area contributed by atoms with E-state index in [2.05, 4.69) is 38.0 Å². The van der Waals surface area contributed by atoms with Crippen LogP contribution in [0.2, 0.25) is 0 Å². The van der Waals surface area contributed by atoms with Crippen molar-refractivity contribution in [2.24, 2.45) is 0 Å². The quantitative estimate of drug-likeness (QED) is 0.728. The van der Waals surface area contributed by atoms with E-state index in [9.17, 15) is 0 Å². The third-order valence-corrected chi connectivity index (χ3v) is 2.96. The molecule has 0 amide bonds. The van der Waals surface area contributed by atoms with Crippen LogP contribution in [0.4, 0.5) is 0 Å². The molecule has 5 nitrogen and oxygen atoms in total. The summed E-state index contributed by atoms with van der Waals surface area (Å²) < 4.78 is 4.42. The van der Waals surface area contributed by atoms with Crippen molar-refractivity contribution in [1.82, 2.24) is 24.4 Å². The van der Waals surface area contributed by atoms with E-state index < -0.39 is 0 Å². The highest BCUT2D eigenvalue weighted by Gasteiger charge is 2.05. The van der Waals surface area contributed by atoms with Crippen molar-refractivity contribution in [3.8, 4) is 11.1 Å². The molecule has 3 aromatic heterocycles. The Morgan fingerprint density at radius 1 is 1.24 bits per heavy atom. The Balaban J connectivity index is 2.10. The maximum atomic E-state index is 4.35. The first-order valence-electron chi connectivity index (χ1n) is 5.30. The van der Waals surface area contributed by atoms with Gasteiger partial charge in [-0.3, -0.25) is 4.68 Å². The Morgan fingerprint density at radius 2 is 2.06 bits per heavy atom. The topological polar surface area (TPSA) is 48.0 Å². The molecule has 0 aliphatic rings. The smallest absolute Gasteiger partial charge is 0.156 e. The molecule has 0 spiro atoms. The first kappa shape index (κ1) is 10.5. The summed E-state index contributed by atoms with van der Waals surface area (Å²) in [7, 11) is 0. The minimum absolute atomic E-state index is 0.784. The van der Waals surface area contributed by atoms with Crippen LogP contribution in [-0.2, 0) is 6.54 Å². The minimum Gasteiger partial charge on any atom is -0.272 e. The second kappa shape index (κ2) is 3.96. The molecule has 0 fully saturated rings. The van der Waals surface area contributed by atoms with Gasteiger partial charge in [0.2, 0.25) is 0 Å². The molecule has 86 valence electrons. The van der Waals surface area contributed by atoms with E-state index in [1.807, 2.05) is 35.5 Å². The Kier molecular flexibility index (Phi) is 2.44. The van der Waals surface area contributed by atoms with Crippen LogP contribution in [-0.4, -0.2) is 24.4 Å². The standard InChI is InChI=1S/C11H10BrN5/c1-2-16-6-9(5-14-16)8-4-13-11-3-10(12)15-17(11)7-8/h3-7H,2H2,1H3. The molecule has 3 aromatic rings. The summed E-state index contributed by atoms with van der Waals surface area (Å²) in [5, 5.41) is 8.52. The molecule has 0 radical (unpaired) electrons. The highest BCUT2D eigenvalue weighted by Crippen LogP contribution is 2.19. The fourth-order valence-electron chi connectivity index (χ4n) is 1.68. The van der Waals surface area contributed by atoms with Gasteiger partial charge in [0, 0.05) is 42.3 Å². The molecule has 0 atom stereocenters. The molecule has 0 aromatic carbocycles. The predicted molar refractivity (Wildman–Crippen MR) is 67.6 cm³/mol. The van der Waals surface area contributed by atoms with Gasteiger partial charge in [0.05, 0.1) is 6.20 Å². The van der Waals surface area contributed by atoms with Crippen molar-refractivity contribution in [2.75, 3.05) is 0 Å². The van der Waals surface area contributed by atoms with Crippen molar-refractivity contribution in [1.29, 1.82) is 0 Å². The second-order valence-corrected chi connectivity index (χ2v) is 4.51. The molecule has 17 heavy (non-hydrogen) atoms. The summed E-state index contributed by atoms with van der Waals surface area (Å²) in [5.41, 5.74) is 2.88. The molecule has 6 heteroatoms. The molecule has 0 bridgehead atoms. The van der Waals surface area contributed by atoms with E-state index in [4.69, 9.17) is 0 Å². The maximum Gasteiger partial charge on any atom is 0.156 e. The van der Waals surface area contributed by atoms with Gasteiger partial charge in [-0.2, -0.15) is 10.2 Å². The Labute approximate surface area is 106 Å². The highest BCUT2D eigenvalue weighted by molar-refractivity contribution is 9.10. The zero-order chi connectivity index (χ0) is 11.8. The minimum atomic E-state index is 0.784. The van der Waals surface area contributed by atoms with Gasteiger partial charge in [-0.05, 0) is 22.9 Å². The summed E-state index contributed by atoms with van der Waals surface area (Å²) in [6.45, 7) is 2.92. The molecule has 0 aliphatic carbocycles. The van der Waals surface area contributed by atoms with Crippen LogP contribution in [0.1, 0.15) is 6.92 Å². The number of nitrogens with zero attached hydrogens (tertiary/aromatic N) is 5. The third-order valence-electron chi connectivity index (χ3n) is 2.57. The van der Waals surface area contributed by atoms with Crippen LogP contribution in [0, 0.1) is 0 Å². The van der Waals surface area contributed by atoms with Gasteiger partial charge in [0.15, 0.2) is 5.65 Å². The molecule has 0 N–H and O–H groups in total. The molecule has 0 saturated carbocycles. The Bertz CT molecular complexity index is 669. The zero-order valence-electron chi connectivity index (χ0n) is 9.21. The lowest BCUT2D eigenvalue weighted by Gasteiger charge is -1.97. The number of aryl methyl sites for hydroxylation is 1. The van der Waals surface area contributed by atoms with Gasteiger partial charge in [-0.25, -0.2) is 9.50 Å². The van der Waals surface area contributed by atoms with Crippen molar-refractivity contribution in [2.45, 2.75) is 13.5 Å². The SMILES string of the molecule is CCn1cc(-c2cnc3cc(Br)nn3c2)cn1. The number of halogens is 1. The lowest BCUT2D eigenvalue weighted by Crippen LogP contribution is -1.92. The van der Waals surface area contributed by atoms with Crippen LogP contribution in [0.15, 0.2) is 35.5 Å². The summed E-state index contributed by atoms with van der Waals surface area (Å²) in [6, 6.07) is 1.87. The average molecular weight is 292 g/mol. The molecule has 3 heterocycles. The number of hydrogen-bond acceptors (Lipinski definition) is 3. The van der Waals surface area contributed by atoms with Crippen LogP contribution in [0.3, 0.4) is 0 Å². The van der Waals surface area contributed by atoms with Crippen LogP contribution in [0.5, 0.6) is 0 Å². The second-order valence-electron chi connectivity index (χ2n) is 3.70. The molecular formula is C11H10BrN5. The van der Waals surface area contributed by atoms with Crippen LogP contribution < -0.4 is 0 Å². The maximum absolute atomic E-state index is 4.35. The van der Waals surface area contributed by atoms with E-state index in [-0.39, 0.29) is 0 Å². The average Bonchev–Trinajstić information content (AvgIpc) is 2.92. The van der Waals surface area contributed by atoms with Crippen LogP contribution >= 0.6 is 15.9 Å². The van der Waals surface area contributed by atoms with Crippen molar-refractivity contribution in [3.05, 3.63) is 35.5 Å². The normalized spacial score (nSPS) is 11.2. The van der Waals surface area contributed by atoms with Gasteiger partial charge in [-0.15, -0.1) is 0 Å². The molecule has 0 saturated heterocycles. The number of aromatic nitrogens is 5. The number of rotatable bonds is 2. The van der Waals surface area contributed by atoms with E-state index >= 15 is 0 Å². The lowest BCUT2D eigenvalue weighted by molar-refractivity contribution is 0.660. The lowest BCUT2D eigenvalue weighted by atomic mass is 10.2. The summed E-state index contributed by atoms with van der Waals surface area (Å²) in [4.78, 5) is 4.35. The fourth-order valence-corrected chi connectivity index (χ4v) is 2.06. The van der Waals surface area contributed by atoms with Gasteiger partial charge in [0.1, 0.15) is 4.60 Å². The van der Waals surface area contributed by atoms with Crippen LogP contribution in [0.25, 0.3) is 16.8 Å². The summed E-state index contributed by atoms with van der Waals surface area (Å²) in [5.74, 6) is 0. The molecule has 0 unspecified atom stereocenters. The summed E-state index contributed by atoms with van der Waals surface area (Å²) in [6.07, 6.45) is 7.62. The number of fused-ring (bicyclic) bond motifs is 1. The zero-order valence-corrected chi connectivity index (χ0v) is 10.8. The fraction of sp³-hybridized carbons (Fsp3) is 0.182.